The summed E-state index contributed by atoms with van der Waals surface area (Å²) in [5.74, 6) is 0. The second-order valence-electron chi connectivity index (χ2n) is 6.05. The summed E-state index contributed by atoms with van der Waals surface area (Å²) in [6.07, 6.45) is 4.10. The maximum absolute atomic E-state index is 10.00. The molecule has 2 aliphatic heterocycles. The third kappa shape index (κ3) is 2.87. The molecule has 2 aliphatic rings. The van der Waals surface area contributed by atoms with Gasteiger partial charge in [-0.25, -0.2) is 0 Å². The molecule has 2 rings (SSSR count). The summed E-state index contributed by atoms with van der Waals surface area (Å²) in [4.78, 5) is 2.50. The Morgan fingerprint density at radius 1 is 1.33 bits per heavy atom. The van der Waals surface area contributed by atoms with E-state index in [1.807, 2.05) is 0 Å². The molecule has 4 nitrogen and oxygen atoms in total. The summed E-state index contributed by atoms with van der Waals surface area (Å²) in [5, 5.41) is 13.4. The topological polar surface area (TPSA) is 44.7 Å². The lowest BCUT2D eigenvalue weighted by Crippen LogP contribution is -2.60. The molecule has 4 heteroatoms. The fourth-order valence-corrected chi connectivity index (χ4v) is 3.37. The monoisotopic (exact) mass is 256 g/mol. The molecule has 18 heavy (non-hydrogen) atoms. The summed E-state index contributed by atoms with van der Waals surface area (Å²) >= 11 is 0. The molecule has 0 aromatic carbocycles. The molecular formula is C14H28N2O2. The first-order chi connectivity index (χ1) is 8.64. The van der Waals surface area contributed by atoms with Crippen LogP contribution in [0.3, 0.4) is 0 Å². The molecule has 0 aromatic rings. The fourth-order valence-electron chi connectivity index (χ4n) is 3.37. The highest BCUT2D eigenvalue weighted by Gasteiger charge is 2.45. The molecule has 2 fully saturated rings. The van der Waals surface area contributed by atoms with Gasteiger partial charge in [-0.3, -0.25) is 4.90 Å². The van der Waals surface area contributed by atoms with Crippen molar-refractivity contribution < 1.29 is 9.84 Å². The van der Waals surface area contributed by atoms with Crippen molar-refractivity contribution in [1.29, 1.82) is 0 Å². The maximum Gasteiger partial charge on any atom is 0.0670 e. The second-order valence-corrected chi connectivity index (χ2v) is 6.05. The number of hydrogen-bond donors (Lipinski definition) is 2. The molecule has 0 bridgehead atoms. The second kappa shape index (κ2) is 5.87. The van der Waals surface area contributed by atoms with Crippen LogP contribution < -0.4 is 5.32 Å². The SMILES string of the molecule is CCC1(C)CC(CO)(N2CCCNCC2)CCO1. The molecule has 106 valence electrons. The smallest absolute Gasteiger partial charge is 0.0670 e. The van der Waals surface area contributed by atoms with Gasteiger partial charge < -0.3 is 15.2 Å². The van der Waals surface area contributed by atoms with E-state index in [1.165, 1.54) is 6.42 Å². The summed E-state index contributed by atoms with van der Waals surface area (Å²) in [5.41, 5.74) is -0.129. The molecule has 0 spiro atoms. The van der Waals surface area contributed by atoms with Gasteiger partial charge in [0.1, 0.15) is 0 Å². The van der Waals surface area contributed by atoms with Gasteiger partial charge in [0.05, 0.1) is 12.2 Å². The first-order valence-corrected chi connectivity index (χ1v) is 7.35. The van der Waals surface area contributed by atoms with Crippen molar-refractivity contribution in [1.82, 2.24) is 10.2 Å². The van der Waals surface area contributed by atoms with Crippen LogP contribution in [-0.2, 0) is 4.74 Å². The number of rotatable bonds is 3. The Labute approximate surface area is 111 Å². The van der Waals surface area contributed by atoms with Crippen molar-refractivity contribution in [3.63, 3.8) is 0 Å². The van der Waals surface area contributed by atoms with Gasteiger partial charge in [-0.1, -0.05) is 6.92 Å². The van der Waals surface area contributed by atoms with Crippen molar-refractivity contribution >= 4 is 0 Å². The molecule has 2 heterocycles. The van der Waals surface area contributed by atoms with E-state index in [0.29, 0.717) is 0 Å². The summed E-state index contributed by atoms with van der Waals surface area (Å²) in [7, 11) is 0. The van der Waals surface area contributed by atoms with Crippen LogP contribution in [0.25, 0.3) is 0 Å². The normalized spacial score (nSPS) is 39.5. The lowest BCUT2D eigenvalue weighted by molar-refractivity contribution is -0.143. The van der Waals surface area contributed by atoms with Crippen LogP contribution in [0, 0.1) is 0 Å². The van der Waals surface area contributed by atoms with Crippen molar-refractivity contribution in [3.05, 3.63) is 0 Å². The van der Waals surface area contributed by atoms with Gasteiger partial charge >= 0.3 is 0 Å². The number of nitrogens with one attached hydrogen (secondary N) is 1. The Kier molecular flexibility index (Phi) is 4.64. The van der Waals surface area contributed by atoms with Gasteiger partial charge in [0.25, 0.3) is 0 Å². The van der Waals surface area contributed by atoms with Crippen molar-refractivity contribution in [3.8, 4) is 0 Å². The van der Waals surface area contributed by atoms with E-state index in [1.54, 1.807) is 0 Å². The number of aliphatic hydroxyl groups is 1. The maximum atomic E-state index is 10.00. The van der Waals surface area contributed by atoms with Crippen LogP contribution in [0.2, 0.25) is 0 Å². The van der Waals surface area contributed by atoms with Gasteiger partial charge in [0.2, 0.25) is 0 Å². The van der Waals surface area contributed by atoms with E-state index < -0.39 is 0 Å². The molecule has 2 unspecified atom stereocenters. The molecule has 0 aromatic heterocycles. The van der Waals surface area contributed by atoms with Crippen LogP contribution >= 0.6 is 0 Å². The number of aliphatic hydroxyl groups excluding tert-OH is 1. The number of nitrogens with zero attached hydrogens (tertiary/aromatic N) is 1. The van der Waals surface area contributed by atoms with E-state index in [-0.39, 0.29) is 17.7 Å². The van der Waals surface area contributed by atoms with Gasteiger partial charge in [-0.2, -0.15) is 0 Å². The third-order valence-electron chi connectivity index (χ3n) is 4.77. The summed E-state index contributed by atoms with van der Waals surface area (Å²) < 4.78 is 5.94. The van der Waals surface area contributed by atoms with Crippen LogP contribution in [0.15, 0.2) is 0 Å². The average Bonchev–Trinajstić information content (AvgIpc) is 2.68. The quantitative estimate of drug-likeness (QED) is 0.790. The van der Waals surface area contributed by atoms with Crippen LogP contribution in [-0.4, -0.2) is 60.5 Å². The van der Waals surface area contributed by atoms with Gasteiger partial charge in [-0.15, -0.1) is 0 Å². The zero-order valence-corrected chi connectivity index (χ0v) is 11.9. The Morgan fingerprint density at radius 2 is 2.17 bits per heavy atom. The van der Waals surface area contributed by atoms with Gasteiger partial charge in [0, 0.05) is 31.8 Å². The Bertz CT molecular complexity index is 267. The molecule has 2 N–H and O–H groups in total. The van der Waals surface area contributed by atoms with Crippen molar-refractivity contribution in [2.75, 3.05) is 39.4 Å². The van der Waals surface area contributed by atoms with E-state index in [4.69, 9.17) is 4.74 Å². The standard InChI is InChI=1S/C14H28N2O2/c1-3-13(2)11-14(12-17,5-10-18-13)16-8-4-6-15-7-9-16/h15,17H,3-12H2,1-2H3. The largest absolute Gasteiger partial charge is 0.394 e. The minimum atomic E-state index is -0.0687. The molecule has 2 saturated heterocycles. The average molecular weight is 256 g/mol. The van der Waals surface area contributed by atoms with Crippen molar-refractivity contribution in [2.24, 2.45) is 0 Å². The fraction of sp³-hybridized carbons (Fsp3) is 1.00. The van der Waals surface area contributed by atoms with E-state index in [2.05, 4.69) is 24.1 Å². The van der Waals surface area contributed by atoms with Gasteiger partial charge in [-0.05, 0) is 39.2 Å². The predicted octanol–water partition coefficient (Wildman–Crippen LogP) is 0.992. The van der Waals surface area contributed by atoms with E-state index >= 15 is 0 Å². The minimum absolute atomic E-state index is 0.0605. The third-order valence-corrected chi connectivity index (χ3v) is 4.77. The zero-order chi connectivity index (χ0) is 13.1. The Hall–Kier alpha value is -0.160. The van der Waals surface area contributed by atoms with E-state index in [0.717, 1.165) is 52.0 Å². The first-order valence-electron chi connectivity index (χ1n) is 7.35. The molecule has 2 atom stereocenters. The lowest BCUT2D eigenvalue weighted by Gasteiger charge is -2.51. The summed E-state index contributed by atoms with van der Waals surface area (Å²) in [6, 6.07) is 0. The number of ether oxygens (including phenoxy) is 1. The molecule has 0 radical (unpaired) electrons. The first kappa shape index (κ1) is 14.3. The molecule has 0 saturated carbocycles. The molecular weight excluding hydrogens is 228 g/mol. The molecule has 0 aliphatic carbocycles. The zero-order valence-electron chi connectivity index (χ0n) is 11.9. The molecule has 0 amide bonds. The highest BCUT2D eigenvalue weighted by molar-refractivity contribution is 5.00. The lowest BCUT2D eigenvalue weighted by atomic mass is 9.78. The van der Waals surface area contributed by atoms with Crippen molar-refractivity contribution in [2.45, 2.75) is 50.7 Å². The Balaban J connectivity index is 2.12. The summed E-state index contributed by atoms with van der Waals surface area (Å²) in [6.45, 7) is 9.66. The predicted molar refractivity (Wildman–Crippen MR) is 72.8 cm³/mol. The van der Waals surface area contributed by atoms with Gasteiger partial charge in [0.15, 0.2) is 0 Å². The highest BCUT2D eigenvalue weighted by atomic mass is 16.5. The minimum Gasteiger partial charge on any atom is -0.394 e. The van der Waals surface area contributed by atoms with Crippen LogP contribution in [0.5, 0.6) is 0 Å². The van der Waals surface area contributed by atoms with Crippen LogP contribution in [0.1, 0.15) is 39.5 Å². The number of hydrogen-bond acceptors (Lipinski definition) is 4. The van der Waals surface area contributed by atoms with Crippen LogP contribution in [0.4, 0.5) is 0 Å². The van der Waals surface area contributed by atoms with E-state index in [9.17, 15) is 5.11 Å². The Morgan fingerprint density at radius 3 is 2.89 bits per heavy atom. The highest BCUT2D eigenvalue weighted by Crippen LogP contribution is 2.38.